The SMILES string of the molecule is COc1cc(/C=C2\NC(=O)N(Cc3ccc(Cl)cc3)C2=O)c(Br)cc1OCc1ccc([N+](=O)[O-])cc1. The van der Waals surface area contributed by atoms with Gasteiger partial charge in [0.05, 0.1) is 18.6 Å². The van der Waals surface area contributed by atoms with Crippen LogP contribution in [0, 0.1) is 10.1 Å². The van der Waals surface area contributed by atoms with Crippen LogP contribution in [0.3, 0.4) is 0 Å². The Kier molecular flexibility index (Phi) is 7.56. The van der Waals surface area contributed by atoms with Crippen molar-refractivity contribution in [3.8, 4) is 11.5 Å². The van der Waals surface area contributed by atoms with Gasteiger partial charge in [-0.3, -0.25) is 19.8 Å². The summed E-state index contributed by atoms with van der Waals surface area (Å²) >= 11 is 9.38. The monoisotopic (exact) mass is 571 g/mol. The number of nitro benzene ring substituents is 1. The Balaban J connectivity index is 1.50. The molecule has 1 heterocycles. The van der Waals surface area contributed by atoms with Crippen molar-refractivity contribution in [2.24, 2.45) is 0 Å². The summed E-state index contributed by atoms with van der Waals surface area (Å²) in [6.45, 7) is 0.272. The summed E-state index contributed by atoms with van der Waals surface area (Å²) in [6.07, 6.45) is 1.55. The molecule has 3 amide bonds. The molecule has 0 aliphatic carbocycles. The highest BCUT2D eigenvalue weighted by molar-refractivity contribution is 9.10. The molecule has 4 rings (SSSR count). The molecule has 0 unspecified atom stereocenters. The van der Waals surface area contributed by atoms with Gasteiger partial charge in [-0.25, -0.2) is 4.79 Å². The molecule has 0 aromatic heterocycles. The highest BCUT2D eigenvalue weighted by Gasteiger charge is 2.33. The van der Waals surface area contributed by atoms with E-state index in [4.69, 9.17) is 21.1 Å². The molecule has 3 aromatic carbocycles. The molecule has 0 radical (unpaired) electrons. The van der Waals surface area contributed by atoms with Crippen LogP contribution in [0.5, 0.6) is 11.5 Å². The van der Waals surface area contributed by atoms with Gasteiger partial charge in [-0.05, 0) is 59.2 Å². The number of hydrogen-bond donors (Lipinski definition) is 1. The van der Waals surface area contributed by atoms with Gasteiger partial charge in [-0.1, -0.05) is 39.7 Å². The Morgan fingerprint density at radius 2 is 1.72 bits per heavy atom. The van der Waals surface area contributed by atoms with Crippen LogP contribution in [-0.4, -0.2) is 28.9 Å². The number of halogens is 2. The normalized spacial score (nSPS) is 14.2. The Labute approximate surface area is 219 Å². The number of imide groups is 1. The molecule has 3 aromatic rings. The number of amides is 3. The first-order valence-electron chi connectivity index (χ1n) is 10.6. The molecule has 9 nitrogen and oxygen atoms in total. The number of non-ortho nitro benzene ring substituents is 1. The van der Waals surface area contributed by atoms with Gasteiger partial charge < -0.3 is 14.8 Å². The van der Waals surface area contributed by atoms with E-state index >= 15 is 0 Å². The molecule has 0 atom stereocenters. The number of nitrogens with one attached hydrogen (secondary N) is 1. The van der Waals surface area contributed by atoms with E-state index in [1.54, 1.807) is 54.6 Å². The van der Waals surface area contributed by atoms with Crippen LogP contribution in [0.15, 0.2) is 70.8 Å². The molecule has 0 bridgehead atoms. The summed E-state index contributed by atoms with van der Waals surface area (Å²) in [5.41, 5.74) is 2.21. The van der Waals surface area contributed by atoms with Gasteiger partial charge in [0.2, 0.25) is 0 Å². The second-order valence-corrected chi connectivity index (χ2v) is 9.03. The maximum atomic E-state index is 12.9. The van der Waals surface area contributed by atoms with E-state index in [-0.39, 0.29) is 24.5 Å². The number of benzene rings is 3. The van der Waals surface area contributed by atoms with E-state index in [0.29, 0.717) is 26.6 Å². The van der Waals surface area contributed by atoms with Gasteiger partial charge in [0.1, 0.15) is 12.3 Å². The molecule has 36 heavy (non-hydrogen) atoms. The molecular weight excluding hydrogens is 554 g/mol. The number of rotatable bonds is 8. The average molecular weight is 573 g/mol. The Morgan fingerprint density at radius 3 is 2.36 bits per heavy atom. The predicted octanol–water partition coefficient (Wildman–Crippen LogP) is 5.69. The lowest BCUT2D eigenvalue weighted by Gasteiger charge is -2.13. The third-order valence-corrected chi connectivity index (χ3v) is 6.28. The third kappa shape index (κ3) is 5.67. The number of carbonyl (C=O) groups is 2. The fourth-order valence-electron chi connectivity index (χ4n) is 3.45. The molecule has 1 aliphatic rings. The number of methoxy groups -OCH3 is 1. The first-order valence-corrected chi connectivity index (χ1v) is 11.7. The van der Waals surface area contributed by atoms with E-state index in [0.717, 1.165) is 16.0 Å². The van der Waals surface area contributed by atoms with E-state index in [1.807, 2.05) is 0 Å². The highest BCUT2D eigenvalue weighted by Crippen LogP contribution is 2.35. The van der Waals surface area contributed by atoms with Gasteiger partial charge in [-0.2, -0.15) is 0 Å². The van der Waals surface area contributed by atoms with E-state index in [9.17, 15) is 19.7 Å². The summed E-state index contributed by atoms with van der Waals surface area (Å²) in [7, 11) is 1.48. The zero-order valence-electron chi connectivity index (χ0n) is 18.9. The lowest BCUT2D eigenvalue weighted by molar-refractivity contribution is -0.384. The number of nitrogens with zero attached hydrogens (tertiary/aromatic N) is 2. The van der Waals surface area contributed by atoms with Crippen LogP contribution in [-0.2, 0) is 17.9 Å². The van der Waals surface area contributed by atoms with Crippen LogP contribution in [0.25, 0.3) is 6.08 Å². The van der Waals surface area contributed by atoms with Crippen LogP contribution >= 0.6 is 27.5 Å². The fraction of sp³-hybridized carbons (Fsp3) is 0.120. The zero-order valence-corrected chi connectivity index (χ0v) is 21.2. The molecule has 0 spiro atoms. The van der Waals surface area contributed by atoms with Gasteiger partial charge in [0.25, 0.3) is 11.6 Å². The van der Waals surface area contributed by atoms with Crippen molar-refractivity contribution in [1.82, 2.24) is 10.2 Å². The van der Waals surface area contributed by atoms with Gasteiger partial charge >= 0.3 is 6.03 Å². The summed E-state index contributed by atoms with van der Waals surface area (Å²) in [4.78, 5) is 36.8. The van der Waals surface area contributed by atoms with Crippen LogP contribution in [0.2, 0.25) is 5.02 Å². The minimum Gasteiger partial charge on any atom is -0.493 e. The minimum atomic E-state index is -0.521. The van der Waals surface area contributed by atoms with Gasteiger partial charge in [0.15, 0.2) is 11.5 Å². The second-order valence-electron chi connectivity index (χ2n) is 7.74. The Bertz CT molecular complexity index is 1360. The van der Waals surface area contributed by atoms with Crippen LogP contribution in [0.4, 0.5) is 10.5 Å². The molecular formula is C25H19BrClN3O6. The summed E-state index contributed by atoms with van der Waals surface area (Å²) in [5, 5.41) is 14.0. The fourth-order valence-corrected chi connectivity index (χ4v) is 4.01. The number of carbonyl (C=O) groups excluding carboxylic acids is 2. The molecule has 1 N–H and O–H groups in total. The van der Waals surface area contributed by atoms with Gasteiger partial charge in [0, 0.05) is 21.6 Å². The predicted molar refractivity (Wildman–Crippen MR) is 137 cm³/mol. The number of urea groups is 1. The Hall–Kier alpha value is -3.89. The van der Waals surface area contributed by atoms with Crippen molar-refractivity contribution in [2.45, 2.75) is 13.2 Å². The lowest BCUT2D eigenvalue weighted by Crippen LogP contribution is -2.30. The average Bonchev–Trinajstić information content (AvgIpc) is 3.12. The minimum absolute atomic E-state index is 0.00301. The van der Waals surface area contributed by atoms with Crippen LogP contribution in [0.1, 0.15) is 16.7 Å². The smallest absolute Gasteiger partial charge is 0.329 e. The number of nitro groups is 1. The zero-order chi connectivity index (χ0) is 25.8. The van der Waals surface area contributed by atoms with E-state index < -0.39 is 16.9 Å². The first-order chi connectivity index (χ1) is 17.2. The molecule has 184 valence electrons. The summed E-state index contributed by atoms with van der Waals surface area (Å²) < 4.78 is 11.9. The summed E-state index contributed by atoms with van der Waals surface area (Å²) in [6, 6.07) is 15.8. The molecule has 11 heteroatoms. The molecule has 0 saturated carbocycles. The summed E-state index contributed by atoms with van der Waals surface area (Å²) in [5.74, 6) is 0.372. The largest absolute Gasteiger partial charge is 0.493 e. The van der Waals surface area contributed by atoms with Crippen molar-refractivity contribution >= 4 is 51.2 Å². The molecule has 1 aliphatic heterocycles. The van der Waals surface area contributed by atoms with Crippen molar-refractivity contribution in [2.75, 3.05) is 7.11 Å². The van der Waals surface area contributed by atoms with E-state index in [1.165, 1.54) is 19.2 Å². The molecule has 1 fully saturated rings. The topological polar surface area (TPSA) is 111 Å². The van der Waals surface area contributed by atoms with Crippen molar-refractivity contribution < 1.29 is 24.0 Å². The lowest BCUT2D eigenvalue weighted by atomic mass is 10.1. The van der Waals surface area contributed by atoms with Crippen molar-refractivity contribution in [1.29, 1.82) is 0 Å². The first kappa shape index (κ1) is 25.2. The van der Waals surface area contributed by atoms with E-state index in [2.05, 4.69) is 21.2 Å². The standard InChI is InChI=1S/C25H19BrClN3O6/c1-35-22-11-17(20(26)12-23(22)36-14-16-4-8-19(9-5-16)30(33)34)10-21-24(31)29(25(32)28-21)13-15-2-6-18(27)7-3-15/h2-12H,13-14H2,1H3,(H,28,32)/b21-10-. The highest BCUT2D eigenvalue weighted by atomic mass is 79.9. The van der Waals surface area contributed by atoms with Crippen molar-refractivity contribution in [3.05, 3.63) is 103 Å². The quantitative estimate of drug-likeness (QED) is 0.161. The van der Waals surface area contributed by atoms with Crippen LogP contribution < -0.4 is 14.8 Å². The maximum absolute atomic E-state index is 12.9. The second kappa shape index (κ2) is 10.8. The molecule has 1 saturated heterocycles. The maximum Gasteiger partial charge on any atom is 0.329 e. The van der Waals surface area contributed by atoms with Gasteiger partial charge in [-0.15, -0.1) is 0 Å². The number of hydrogen-bond acceptors (Lipinski definition) is 6. The number of ether oxygens (including phenoxy) is 2. The Morgan fingerprint density at radius 1 is 1.06 bits per heavy atom. The van der Waals surface area contributed by atoms with Crippen molar-refractivity contribution in [3.63, 3.8) is 0 Å². The third-order valence-electron chi connectivity index (χ3n) is 5.34.